The average molecular weight is 389 g/mol. The molecule has 1 aromatic rings. The second kappa shape index (κ2) is 9.55. The molecule has 0 aliphatic carbocycles. The van der Waals surface area contributed by atoms with Crippen LogP contribution in [0.3, 0.4) is 0 Å². The molecule has 0 bridgehead atoms. The third-order valence-corrected chi connectivity index (χ3v) is 5.96. The van der Waals surface area contributed by atoms with E-state index in [0.29, 0.717) is 13.1 Å². The van der Waals surface area contributed by atoms with Crippen molar-refractivity contribution in [1.82, 2.24) is 4.90 Å². The van der Waals surface area contributed by atoms with Gasteiger partial charge in [-0.2, -0.15) is 11.8 Å². The molecule has 1 aliphatic heterocycles. The predicted molar refractivity (Wildman–Crippen MR) is 106 cm³/mol. The SMILES string of the molecule is COc1ccccc1OC1CCN(C(=O)[C@@H](N)C(C)(C)SC)CC1.Cl. The summed E-state index contributed by atoms with van der Waals surface area (Å²) < 4.78 is 11.1. The van der Waals surface area contributed by atoms with Gasteiger partial charge >= 0.3 is 0 Å². The van der Waals surface area contributed by atoms with Crippen LogP contribution in [-0.4, -0.2) is 54.2 Å². The second-order valence-electron chi connectivity index (χ2n) is 6.58. The highest BCUT2D eigenvalue weighted by Crippen LogP contribution is 2.30. The molecule has 0 radical (unpaired) electrons. The number of amides is 1. The van der Waals surface area contributed by atoms with E-state index < -0.39 is 6.04 Å². The van der Waals surface area contributed by atoms with Crippen molar-refractivity contribution in [2.24, 2.45) is 5.73 Å². The quantitative estimate of drug-likeness (QED) is 0.811. The highest BCUT2D eigenvalue weighted by Gasteiger charge is 2.35. The molecule has 1 aliphatic rings. The standard InChI is InChI=1S/C18H28N2O3S.ClH/c1-18(2,24-4)16(19)17(21)20-11-9-13(10-12-20)23-15-8-6-5-7-14(15)22-3;/h5-8,13,16H,9-12,19H2,1-4H3;1H/t16-;/m1./s1. The molecular weight excluding hydrogens is 360 g/mol. The van der Waals surface area contributed by atoms with Crippen molar-refractivity contribution in [3.05, 3.63) is 24.3 Å². The molecular formula is C18H29ClN2O3S. The zero-order valence-corrected chi connectivity index (χ0v) is 17.0. The van der Waals surface area contributed by atoms with E-state index in [1.165, 1.54) is 0 Å². The number of carbonyl (C=O) groups excluding carboxylic acids is 1. The largest absolute Gasteiger partial charge is 0.493 e. The maximum absolute atomic E-state index is 12.6. The van der Waals surface area contributed by atoms with Gasteiger partial charge in [0.05, 0.1) is 13.2 Å². The molecule has 1 aromatic carbocycles. The number of hydrogen-bond acceptors (Lipinski definition) is 5. The smallest absolute Gasteiger partial charge is 0.240 e. The number of benzene rings is 1. The number of carbonyl (C=O) groups is 1. The Balaban J connectivity index is 0.00000312. The van der Waals surface area contributed by atoms with E-state index in [0.717, 1.165) is 24.3 Å². The van der Waals surface area contributed by atoms with Crippen LogP contribution in [0.4, 0.5) is 0 Å². The van der Waals surface area contributed by atoms with Gasteiger partial charge in [-0.1, -0.05) is 12.1 Å². The van der Waals surface area contributed by atoms with Gasteiger partial charge in [-0.25, -0.2) is 0 Å². The van der Waals surface area contributed by atoms with Crippen molar-refractivity contribution >= 4 is 30.1 Å². The highest BCUT2D eigenvalue weighted by molar-refractivity contribution is 8.00. The first-order chi connectivity index (χ1) is 11.4. The zero-order valence-electron chi connectivity index (χ0n) is 15.4. The van der Waals surface area contributed by atoms with Crippen LogP contribution in [0, 0.1) is 0 Å². The fourth-order valence-corrected chi connectivity index (χ4v) is 3.07. The van der Waals surface area contributed by atoms with Crippen molar-refractivity contribution in [2.75, 3.05) is 26.5 Å². The van der Waals surface area contributed by atoms with E-state index in [1.54, 1.807) is 18.9 Å². The summed E-state index contributed by atoms with van der Waals surface area (Å²) in [6.07, 6.45) is 3.68. The first-order valence-corrected chi connectivity index (χ1v) is 9.50. The van der Waals surface area contributed by atoms with E-state index in [9.17, 15) is 4.79 Å². The number of rotatable bonds is 6. The molecule has 0 saturated carbocycles. The molecule has 0 unspecified atom stereocenters. The van der Waals surface area contributed by atoms with Crippen molar-refractivity contribution in [2.45, 2.75) is 43.6 Å². The summed E-state index contributed by atoms with van der Waals surface area (Å²) in [6.45, 7) is 5.38. The Morgan fingerprint density at radius 1 is 1.28 bits per heavy atom. The van der Waals surface area contributed by atoms with Gasteiger partial charge in [0, 0.05) is 30.7 Å². The molecule has 0 aromatic heterocycles. The van der Waals surface area contributed by atoms with Crippen LogP contribution >= 0.6 is 24.2 Å². The summed E-state index contributed by atoms with van der Waals surface area (Å²) in [6, 6.07) is 7.16. The molecule has 1 atom stereocenters. The van der Waals surface area contributed by atoms with Gasteiger partial charge in [-0.05, 0) is 32.2 Å². The van der Waals surface area contributed by atoms with Gasteiger partial charge in [-0.3, -0.25) is 4.79 Å². The van der Waals surface area contributed by atoms with Gasteiger partial charge in [0.15, 0.2) is 11.5 Å². The molecule has 2 rings (SSSR count). The minimum atomic E-state index is -0.487. The number of hydrogen-bond donors (Lipinski definition) is 1. The Hall–Kier alpha value is -1.11. The minimum Gasteiger partial charge on any atom is -0.493 e. The zero-order chi connectivity index (χ0) is 17.7. The van der Waals surface area contributed by atoms with Crippen molar-refractivity contribution in [3.63, 3.8) is 0 Å². The lowest BCUT2D eigenvalue weighted by Crippen LogP contribution is -2.55. The van der Waals surface area contributed by atoms with Crippen LogP contribution in [0.25, 0.3) is 0 Å². The Morgan fingerprint density at radius 2 is 1.84 bits per heavy atom. The monoisotopic (exact) mass is 388 g/mol. The molecule has 2 N–H and O–H groups in total. The second-order valence-corrected chi connectivity index (χ2v) is 8.04. The normalized spacial score (nSPS) is 16.8. The number of ether oxygens (including phenoxy) is 2. The van der Waals surface area contributed by atoms with Crippen molar-refractivity contribution in [3.8, 4) is 11.5 Å². The van der Waals surface area contributed by atoms with E-state index in [-0.39, 0.29) is 29.2 Å². The fraction of sp³-hybridized carbons (Fsp3) is 0.611. The van der Waals surface area contributed by atoms with Gasteiger partial charge < -0.3 is 20.1 Å². The minimum absolute atomic E-state index is 0. The summed E-state index contributed by atoms with van der Waals surface area (Å²) in [5, 5.41) is 0. The van der Waals surface area contributed by atoms with Crippen LogP contribution in [0.2, 0.25) is 0 Å². The number of nitrogens with two attached hydrogens (primary N) is 1. The number of nitrogens with zero attached hydrogens (tertiary/aromatic N) is 1. The van der Waals surface area contributed by atoms with E-state index in [2.05, 4.69) is 0 Å². The van der Waals surface area contributed by atoms with E-state index in [1.807, 2.05) is 49.3 Å². The third kappa shape index (κ3) is 5.43. The van der Waals surface area contributed by atoms with Crippen LogP contribution in [-0.2, 0) is 4.79 Å². The molecule has 5 nitrogen and oxygen atoms in total. The number of thioether (sulfide) groups is 1. The molecule has 142 valence electrons. The summed E-state index contributed by atoms with van der Waals surface area (Å²) in [5.74, 6) is 1.52. The predicted octanol–water partition coefficient (Wildman–Crippen LogP) is 2.96. The fourth-order valence-electron chi connectivity index (χ4n) is 2.71. The van der Waals surface area contributed by atoms with Gasteiger partial charge in [0.2, 0.25) is 5.91 Å². The Labute approximate surface area is 161 Å². The lowest BCUT2D eigenvalue weighted by atomic mass is 10.0. The van der Waals surface area contributed by atoms with Crippen LogP contribution in [0.1, 0.15) is 26.7 Å². The first kappa shape index (κ1) is 21.9. The lowest BCUT2D eigenvalue weighted by Gasteiger charge is -2.37. The van der Waals surface area contributed by atoms with E-state index in [4.69, 9.17) is 15.2 Å². The van der Waals surface area contributed by atoms with Crippen molar-refractivity contribution in [1.29, 1.82) is 0 Å². The average Bonchev–Trinajstić information content (AvgIpc) is 2.61. The molecule has 1 amide bonds. The maximum atomic E-state index is 12.6. The molecule has 7 heteroatoms. The number of para-hydroxylation sites is 2. The summed E-state index contributed by atoms with van der Waals surface area (Å²) in [7, 11) is 1.64. The highest BCUT2D eigenvalue weighted by atomic mass is 35.5. The van der Waals surface area contributed by atoms with Crippen LogP contribution in [0.15, 0.2) is 24.3 Å². The van der Waals surface area contributed by atoms with E-state index >= 15 is 0 Å². The van der Waals surface area contributed by atoms with Gasteiger partial charge in [-0.15, -0.1) is 12.4 Å². The number of halogens is 1. The molecule has 1 saturated heterocycles. The Kier molecular flexibility index (Phi) is 8.38. The third-order valence-electron chi connectivity index (χ3n) is 4.66. The molecule has 1 fully saturated rings. The molecule has 25 heavy (non-hydrogen) atoms. The number of piperidine rings is 1. The van der Waals surface area contributed by atoms with Gasteiger partial charge in [0.1, 0.15) is 6.10 Å². The number of methoxy groups -OCH3 is 1. The lowest BCUT2D eigenvalue weighted by molar-refractivity contribution is -0.134. The van der Waals surface area contributed by atoms with Gasteiger partial charge in [0.25, 0.3) is 0 Å². The summed E-state index contributed by atoms with van der Waals surface area (Å²) in [5.41, 5.74) is 6.17. The van der Waals surface area contributed by atoms with Crippen LogP contribution < -0.4 is 15.2 Å². The molecule has 0 spiro atoms. The summed E-state index contributed by atoms with van der Waals surface area (Å²) >= 11 is 1.62. The first-order valence-electron chi connectivity index (χ1n) is 8.28. The Bertz CT molecular complexity index is 563. The Morgan fingerprint density at radius 3 is 2.36 bits per heavy atom. The van der Waals surface area contributed by atoms with Crippen molar-refractivity contribution < 1.29 is 14.3 Å². The summed E-state index contributed by atoms with van der Waals surface area (Å²) in [4.78, 5) is 14.5. The number of likely N-dealkylation sites (tertiary alicyclic amines) is 1. The molecule has 1 heterocycles. The van der Waals surface area contributed by atoms with Crippen LogP contribution in [0.5, 0.6) is 11.5 Å². The topological polar surface area (TPSA) is 64.8 Å². The maximum Gasteiger partial charge on any atom is 0.240 e.